The van der Waals surface area contributed by atoms with Gasteiger partial charge in [-0.25, -0.2) is 4.79 Å². The van der Waals surface area contributed by atoms with Crippen LogP contribution < -0.4 is 15.9 Å². The van der Waals surface area contributed by atoms with Crippen molar-refractivity contribution in [1.82, 2.24) is 19.9 Å². The third kappa shape index (κ3) is 3.92. The van der Waals surface area contributed by atoms with Crippen molar-refractivity contribution in [3.8, 4) is 0 Å². The van der Waals surface area contributed by atoms with Crippen molar-refractivity contribution >= 4 is 28.5 Å². The van der Waals surface area contributed by atoms with E-state index in [1.54, 1.807) is 6.20 Å². The SMILES string of the molecule is CN(Cc1ccccc1)c1nc(Nc2ccc3ncccc3c2)[nH]c(=O)n1. The average molecular weight is 358 g/mol. The Balaban J connectivity index is 1.58. The number of nitrogens with one attached hydrogen (secondary N) is 2. The number of fused-ring (bicyclic) bond motifs is 1. The molecule has 7 heteroatoms. The van der Waals surface area contributed by atoms with Crippen LogP contribution in [0.4, 0.5) is 17.6 Å². The van der Waals surface area contributed by atoms with E-state index in [1.807, 2.05) is 72.6 Å². The summed E-state index contributed by atoms with van der Waals surface area (Å²) in [7, 11) is 1.85. The maximum absolute atomic E-state index is 12.0. The number of pyridine rings is 1. The molecule has 0 saturated heterocycles. The molecule has 27 heavy (non-hydrogen) atoms. The van der Waals surface area contributed by atoms with Crippen LogP contribution in [-0.2, 0) is 6.54 Å². The van der Waals surface area contributed by atoms with Gasteiger partial charge in [0.1, 0.15) is 0 Å². The van der Waals surface area contributed by atoms with Crippen LogP contribution in [0.3, 0.4) is 0 Å². The second-order valence-electron chi connectivity index (χ2n) is 6.18. The summed E-state index contributed by atoms with van der Waals surface area (Å²) in [5.74, 6) is 0.695. The molecule has 0 fully saturated rings. The molecule has 4 aromatic rings. The first-order valence-electron chi connectivity index (χ1n) is 8.53. The lowest BCUT2D eigenvalue weighted by atomic mass is 10.2. The molecule has 0 amide bonds. The van der Waals surface area contributed by atoms with Crippen LogP contribution in [-0.4, -0.2) is 27.0 Å². The number of aromatic nitrogens is 4. The van der Waals surface area contributed by atoms with Gasteiger partial charge >= 0.3 is 5.69 Å². The summed E-state index contributed by atoms with van der Waals surface area (Å²) < 4.78 is 0. The molecule has 0 bridgehead atoms. The van der Waals surface area contributed by atoms with E-state index in [4.69, 9.17) is 0 Å². The molecule has 134 valence electrons. The van der Waals surface area contributed by atoms with Crippen molar-refractivity contribution in [3.05, 3.63) is 82.9 Å². The Labute approximate surface area is 155 Å². The van der Waals surface area contributed by atoms with Crippen molar-refractivity contribution in [2.45, 2.75) is 6.54 Å². The lowest BCUT2D eigenvalue weighted by molar-refractivity contribution is 0.842. The number of hydrogen-bond acceptors (Lipinski definition) is 6. The zero-order valence-corrected chi connectivity index (χ0v) is 14.8. The summed E-state index contributed by atoms with van der Waals surface area (Å²) in [6, 6.07) is 19.6. The topological polar surface area (TPSA) is 86.8 Å². The van der Waals surface area contributed by atoms with Crippen LogP contribution in [0.2, 0.25) is 0 Å². The minimum atomic E-state index is -0.454. The Morgan fingerprint density at radius 3 is 2.74 bits per heavy atom. The van der Waals surface area contributed by atoms with Gasteiger partial charge in [0.2, 0.25) is 11.9 Å². The maximum Gasteiger partial charge on any atom is 0.351 e. The van der Waals surface area contributed by atoms with Gasteiger partial charge in [-0.2, -0.15) is 9.97 Å². The van der Waals surface area contributed by atoms with Crippen molar-refractivity contribution in [1.29, 1.82) is 0 Å². The molecule has 2 aromatic heterocycles. The number of anilines is 3. The van der Waals surface area contributed by atoms with Gasteiger partial charge in [-0.15, -0.1) is 0 Å². The summed E-state index contributed by atoms with van der Waals surface area (Å²) in [5, 5.41) is 4.14. The number of aromatic amines is 1. The Hall–Kier alpha value is -3.74. The highest BCUT2D eigenvalue weighted by Crippen LogP contribution is 2.19. The second-order valence-corrected chi connectivity index (χ2v) is 6.18. The molecule has 0 saturated carbocycles. The van der Waals surface area contributed by atoms with Crippen LogP contribution in [0.1, 0.15) is 5.56 Å². The van der Waals surface area contributed by atoms with Gasteiger partial charge < -0.3 is 10.2 Å². The Morgan fingerprint density at radius 2 is 1.89 bits per heavy atom. The van der Waals surface area contributed by atoms with Crippen molar-refractivity contribution in [3.63, 3.8) is 0 Å². The quantitative estimate of drug-likeness (QED) is 0.570. The number of hydrogen-bond donors (Lipinski definition) is 2. The van der Waals surface area contributed by atoms with Crippen LogP contribution in [0.5, 0.6) is 0 Å². The maximum atomic E-state index is 12.0. The van der Waals surface area contributed by atoms with Gasteiger partial charge in [-0.1, -0.05) is 36.4 Å². The number of H-pyrrole nitrogens is 1. The zero-order valence-electron chi connectivity index (χ0n) is 14.8. The standard InChI is InChI=1S/C20H18N6O/c1-26(13-14-6-3-2-4-7-14)19-23-18(24-20(27)25-19)22-16-9-10-17-15(12-16)8-5-11-21-17/h2-12H,13H2,1H3,(H2,22,23,24,25,27). The van der Waals surface area contributed by atoms with E-state index in [1.165, 1.54) is 0 Å². The van der Waals surface area contributed by atoms with Gasteiger partial charge in [0, 0.05) is 30.9 Å². The highest BCUT2D eigenvalue weighted by molar-refractivity contribution is 5.82. The second kappa shape index (κ2) is 7.25. The largest absolute Gasteiger partial charge is 0.351 e. The monoisotopic (exact) mass is 358 g/mol. The summed E-state index contributed by atoms with van der Waals surface area (Å²) in [6.07, 6.45) is 1.76. The molecular weight excluding hydrogens is 340 g/mol. The average Bonchev–Trinajstić information content (AvgIpc) is 2.68. The fourth-order valence-corrected chi connectivity index (χ4v) is 2.82. The van der Waals surface area contributed by atoms with E-state index < -0.39 is 5.69 Å². The molecule has 0 atom stereocenters. The number of nitrogens with zero attached hydrogens (tertiary/aromatic N) is 4. The predicted octanol–water partition coefficient (Wildman–Crippen LogP) is 3.09. The van der Waals surface area contributed by atoms with E-state index in [0.717, 1.165) is 22.2 Å². The molecule has 2 aromatic carbocycles. The molecule has 0 aliphatic heterocycles. The zero-order chi connectivity index (χ0) is 18.6. The normalized spacial score (nSPS) is 10.7. The molecule has 0 unspecified atom stereocenters. The van der Waals surface area contributed by atoms with E-state index in [0.29, 0.717) is 18.4 Å². The summed E-state index contributed by atoms with van der Waals surface area (Å²) in [6.45, 7) is 0.603. The van der Waals surface area contributed by atoms with Gasteiger partial charge in [-0.3, -0.25) is 9.97 Å². The van der Waals surface area contributed by atoms with Crippen molar-refractivity contribution in [2.24, 2.45) is 0 Å². The van der Waals surface area contributed by atoms with E-state index in [9.17, 15) is 4.79 Å². The number of rotatable bonds is 5. The molecular formula is C20H18N6O. The fraction of sp³-hybridized carbons (Fsp3) is 0.100. The molecule has 0 aliphatic carbocycles. The summed E-state index contributed by atoms with van der Waals surface area (Å²) >= 11 is 0. The van der Waals surface area contributed by atoms with Crippen LogP contribution in [0.25, 0.3) is 10.9 Å². The van der Waals surface area contributed by atoms with Crippen molar-refractivity contribution in [2.75, 3.05) is 17.3 Å². The van der Waals surface area contributed by atoms with E-state index in [2.05, 4.69) is 25.3 Å². The van der Waals surface area contributed by atoms with Gasteiger partial charge in [0.15, 0.2) is 0 Å². The molecule has 0 spiro atoms. The third-order valence-corrected chi connectivity index (χ3v) is 4.11. The highest BCUT2D eigenvalue weighted by atomic mass is 16.1. The van der Waals surface area contributed by atoms with E-state index in [-0.39, 0.29) is 0 Å². The van der Waals surface area contributed by atoms with Crippen LogP contribution in [0.15, 0.2) is 71.7 Å². The molecule has 7 nitrogen and oxygen atoms in total. The minimum Gasteiger partial charge on any atom is -0.339 e. The minimum absolute atomic E-state index is 0.341. The number of benzene rings is 2. The third-order valence-electron chi connectivity index (χ3n) is 4.11. The van der Waals surface area contributed by atoms with Gasteiger partial charge in [0.05, 0.1) is 5.52 Å². The van der Waals surface area contributed by atoms with E-state index >= 15 is 0 Å². The van der Waals surface area contributed by atoms with Gasteiger partial charge in [0.25, 0.3) is 0 Å². The van der Waals surface area contributed by atoms with Crippen LogP contribution in [0, 0.1) is 0 Å². The first-order valence-corrected chi connectivity index (χ1v) is 8.53. The first-order chi connectivity index (χ1) is 13.2. The smallest absolute Gasteiger partial charge is 0.339 e. The molecule has 0 aliphatic rings. The fourth-order valence-electron chi connectivity index (χ4n) is 2.82. The molecule has 0 radical (unpaired) electrons. The first kappa shape index (κ1) is 16.7. The predicted molar refractivity (Wildman–Crippen MR) is 106 cm³/mol. The Kier molecular flexibility index (Phi) is 4.49. The Bertz CT molecular complexity index is 1130. The molecule has 2 heterocycles. The van der Waals surface area contributed by atoms with Crippen molar-refractivity contribution < 1.29 is 0 Å². The highest BCUT2D eigenvalue weighted by Gasteiger charge is 2.09. The molecule has 4 rings (SSSR count). The summed E-state index contributed by atoms with van der Waals surface area (Å²) in [4.78, 5) is 29.2. The molecule has 2 N–H and O–H groups in total. The Morgan fingerprint density at radius 1 is 1.04 bits per heavy atom. The lowest BCUT2D eigenvalue weighted by Crippen LogP contribution is -2.24. The summed E-state index contributed by atoms with van der Waals surface area (Å²) in [5.41, 5.74) is 2.37. The lowest BCUT2D eigenvalue weighted by Gasteiger charge is -2.17. The van der Waals surface area contributed by atoms with Gasteiger partial charge in [-0.05, 0) is 29.8 Å². The van der Waals surface area contributed by atoms with Crippen LogP contribution >= 0.6 is 0 Å².